The molecule has 2 amide bonds. The summed E-state index contributed by atoms with van der Waals surface area (Å²) in [7, 11) is 0. The number of amides is 2. The van der Waals surface area contributed by atoms with Crippen molar-refractivity contribution in [1.29, 1.82) is 0 Å². The quantitative estimate of drug-likeness (QED) is 0.888. The molecule has 1 aliphatic heterocycles. The lowest BCUT2D eigenvalue weighted by molar-refractivity contribution is 0.170. The number of carbonyl (C=O) groups is 1. The molecule has 0 aliphatic carbocycles. The lowest BCUT2D eigenvalue weighted by Crippen LogP contribution is -2.47. The zero-order valence-electron chi connectivity index (χ0n) is 11.2. The van der Waals surface area contributed by atoms with Crippen LogP contribution in [0.2, 0.25) is 0 Å². The van der Waals surface area contributed by atoms with Crippen molar-refractivity contribution in [3.63, 3.8) is 0 Å². The highest BCUT2D eigenvalue weighted by Gasteiger charge is 2.21. The Bertz CT molecular complexity index is 368. The second-order valence-electron chi connectivity index (χ2n) is 5.28. The van der Waals surface area contributed by atoms with Crippen LogP contribution in [0, 0.1) is 5.92 Å². The van der Waals surface area contributed by atoms with Crippen LogP contribution in [0.4, 0.5) is 4.79 Å². The molecule has 100 valence electrons. The number of hydrogen-bond acceptors (Lipinski definition) is 2. The Hall–Kier alpha value is -1.52. The summed E-state index contributed by atoms with van der Waals surface area (Å²) in [5, 5.41) is 3.04. The summed E-state index contributed by atoms with van der Waals surface area (Å²) in [5.74, 6) is 0.748. The lowest BCUT2D eigenvalue weighted by Gasteiger charge is -2.31. The zero-order valence-corrected chi connectivity index (χ0v) is 11.2. The molecule has 1 aromatic rings. The summed E-state index contributed by atoms with van der Waals surface area (Å²) in [5.41, 5.74) is 0. The van der Waals surface area contributed by atoms with Crippen LogP contribution >= 0.6 is 0 Å². The van der Waals surface area contributed by atoms with Crippen molar-refractivity contribution in [2.24, 2.45) is 5.92 Å². The molecule has 1 aromatic heterocycles. The van der Waals surface area contributed by atoms with Crippen molar-refractivity contribution < 1.29 is 4.79 Å². The first-order valence-corrected chi connectivity index (χ1v) is 6.66. The molecule has 2 heterocycles. The number of nitrogens with one attached hydrogen (secondary N) is 1. The second kappa shape index (κ2) is 5.89. The highest BCUT2D eigenvalue weighted by molar-refractivity contribution is 5.74. The molecule has 2 rings (SSSR count). The van der Waals surface area contributed by atoms with Gasteiger partial charge < -0.3 is 14.8 Å². The van der Waals surface area contributed by atoms with Gasteiger partial charge >= 0.3 is 6.03 Å². The van der Waals surface area contributed by atoms with Crippen molar-refractivity contribution in [3.8, 4) is 0 Å². The number of rotatable bonds is 3. The summed E-state index contributed by atoms with van der Waals surface area (Å²) in [6.07, 6.45) is 7.66. The van der Waals surface area contributed by atoms with Gasteiger partial charge in [0.1, 0.15) is 0 Å². The van der Waals surface area contributed by atoms with E-state index in [4.69, 9.17) is 0 Å². The maximum Gasteiger partial charge on any atom is 0.317 e. The highest BCUT2D eigenvalue weighted by atomic mass is 16.2. The van der Waals surface area contributed by atoms with E-state index in [2.05, 4.69) is 17.2 Å². The molecule has 5 heteroatoms. The molecular formula is C13H22N4O. The fraction of sp³-hybridized carbons (Fsp3) is 0.692. The average molecular weight is 250 g/mol. The molecule has 0 saturated carbocycles. The van der Waals surface area contributed by atoms with E-state index in [1.165, 1.54) is 0 Å². The number of likely N-dealkylation sites (tertiary alicyclic amines) is 1. The Morgan fingerprint density at radius 3 is 2.83 bits per heavy atom. The predicted molar refractivity (Wildman–Crippen MR) is 70.2 cm³/mol. The van der Waals surface area contributed by atoms with Gasteiger partial charge in [-0.3, -0.25) is 0 Å². The fourth-order valence-electron chi connectivity index (χ4n) is 2.27. The number of carbonyl (C=O) groups excluding carboxylic acids is 1. The maximum atomic E-state index is 12.0. The zero-order chi connectivity index (χ0) is 13.0. The minimum absolute atomic E-state index is 0.0644. The summed E-state index contributed by atoms with van der Waals surface area (Å²) in [6.45, 7) is 6.78. The van der Waals surface area contributed by atoms with Crippen molar-refractivity contribution in [3.05, 3.63) is 18.7 Å². The number of aromatic nitrogens is 2. The number of hydrogen-bond donors (Lipinski definition) is 1. The normalized spacial score (nSPS) is 18.7. The third kappa shape index (κ3) is 3.48. The molecule has 1 fully saturated rings. The second-order valence-corrected chi connectivity index (χ2v) is 5.28. The van der Waals surface area contributed by atoms with Crippen LogP contribution in [0.15, 0.2) is 18.7 Å². The Kier molecular flexibility index (Phi) is 4.23. The van der Waals surface area contributed by atoms with E-state index < -0.39 is 0 Å². The van der Waals surface area contributed by atoms with Gasteiger partial charge in [0, 0.05) is 38.1 Å². The van der Waals surface area contributed by atoms with E-state index in [9.17, 15) is 4.79 Å². The van der Waals surface area contributed by atoms with Crippen LogP contribution in [0.1, 0.15) is 26.7 Å². The van der Waals surface area contributed by atoms with Crippen molar-refractivity contribution >= 4 is 6.03 Å². The summed E-state index contributed by atoms with van der Waals surface area (Å²) in [4.78, 5) is 17.9. The minimum Gasteiger partial charge on any atom is -0.335 e. The Morgan fingerprint density at radius 2 is 2.22 bits per heavy atom. The van der Waals surface area contributed by atoms with Crippen molar-refractivity contribution in [2.75, 3.05) is 13.1 Å². The fourth-order valence-corrected chi connectivity index (χ4v) is 2.27. The van der Waals surface area contributed by atoms with Crippen LogP contribution in [0.3, 0.4) is 0 Å². The monoisotopic (exact) mass is 250 g/mol. The number of piperidine rings is 1. The van der Waals surface area contributed by atoms with Crippen LogP contribution in [0.5, 0.6) is 0 Å². The number of imidazole rings is 1. The third-order valence-electron chi connectivity index (χ3n) is 3.48. The Morgan fingerprint density at radius 1 is 1.50 bits per heavy atom. The average Bonchev–Trinajstić information content (AvgIpc) is 2.82. The highest BCUT2D eigenvalue weighted by Crippen LogP contribution is 2.15. The smallest absolute Gasteiger partial charge is 0.317 e. The summed E-state index contributed by atoms with van der Waals surface area (Å²) >= 11 is 0. The van der Waals surface area contributed by atoms with Gasteiger partial charge in [0.2, 0.25) is 0 Å². The molecule has 0 bridgehead atoms. The van der Waals surface area contributed by atoms with Crippen LogP contribution in [-0.4, -0.2) is 39.6 Å². The predicted octanol–water partition coefficient (Wildman–Crippen LogP) is 1.71. The van der Waals surface area contributed by atoms with Gasteiger partial charge in [0.15, 0.2) is 0 Å². The van der Waals surface area contributed by atoms with Gasteiger partial charge in [-0.25, -0.2) is 9.78 Å². The minimum atomic E-state index is 0.0644. The first kappa shape index (κ1) is 12.9. The maximum absolute atomic E-state index is 12.0. The summed E-state index contributed by atoms with van der Waals surface area (Å²) in [6, 6.07) is 0.181. The summed E-state index contributed by atoms with van der Waals surface area (Å²) < 4.78 is 1.98. The van der Waals surface area contributed by atoms with Gasteiger partial charge in [-0.15, -0.1) is 0 Å². The SMILES string of the molecule is CC1CCN(C(=O)NC(C)Cn2ccnc2)CC1. The van der Waals surface area contributed by atoms with Crippen LogP contribution < -0.4 is 5.32 Å². The largest absolute Gasteiger partial charge is 0.335 e. The first-order chi connectivity index (χ1) is 8.65. The van der Waals surface area contributed by atoms with Crippen LogP contribution in [-0.2, 0) is 6.54 Å². The van der Waals surface area contributed by atoms with Gasteiger partial charge in [-0.05, 0) is 25.7 Å². The molecule has 1 N–H and O–H groups in total. The van der Waals surface area contributed by atoms with Crippen molar-refractivity contribution in [2.45, 2.75) is 39.3 Å². The molecule has 5 nitrogen and oxygen atoms in total. The Labute approximate surface area is 108 Å². The molecule has 1 unspecified atom stereocenters. The van der Waals surface area contributed by atoms with Crippen molar-refractivity contribution in [1.82, 2.24) is 19.8 Å². The van der Waals surface area contributed by atoms with Gasteiger partial charge in [0.25, 0.3) is 0 Å². The van der Waals surface area contributed by atoms with Gasteiger partial charge in [0.05, 0.1) is 6.33 Å². The van der Waals surface area contributed by atoms with Gasteiger partial charge in [-0.2, -0.15) is 0 Å². The molecule has 1 atom stereocenters. The third-order valence-corrected chi connectivity index (χ3v) is 3.48. The van der Waals surface area contributed by atoms with Crippen LogP contribution in [0.25, 0.3) is 0 Å². The number of nitrogens with zero attached hydrogens (tertiary/aromatic N) is 3. The van der Waals surface area contributed by atoms with E-state index in [-0.39, 0.29) is 12.1 Å². The van der Waals surface area contributed by atoms with E-state index in [1.54, 1.807) is 12.5 Å². The topological polar surface area (TPSA) is 50.2 Å². The molecule has 0 spiro atoms. The Balaban J connectivity index is 1.76. The van der Waals surface area contributed by atoms with E-state index >= 15 is 0 Å². The standard InChI is InChI=1S/C13H22N4O/c1-11-3-6-17(7-4-11)13(18)15-12(2)9-16-8-5-14-10-16/h5,8,10-12H,3-4,6-7,9H2,1-2H3,(H,15,18). The van der Waals surface area contributed by atoms with Gasteiger partial charge in [-0.1, -0.05) is 6.92 Å². The molecule has 1 aliphatic rings. The molecule has 0 aromatic carbocycles. The molecular weight excluding hydrogens is 228 g/mol. The first-order valence-electron chi connectivity index (χ1n) is 6.66. The van der Waals surface area contributed by atoms with E-state index in [0.717, 1.165) is 38.4 Å². The number of urea groups is 1. The molecule has 18 heavy (non-hydrogen) atoms. The van der Waals surface area contributed by atoms with E-state index in [0.29, 0.717) is 0 Å². The molecule has 0 radical (unpaired) electrons. The molecule has 1 saturated heterocycles. The van der Waals surface area contributed by atoms with E-state index in [1.807, 2.05) is 22.6 Å². The lowest BCUT2D eigenvalue weighted by atomic mass is 10.00.